The van der Waals surface area contributed by atoms with E-state index in [0.29, 0.717) is 6.07 Å². The normalized spacial score (nSPS) is 9.38. The van der Waals surface area contributed by atoms with Gasteiger partial charge in [-0.1, -0.05) is 0 Å². The number of aromatic carboxylic acids is 1. The molecule has 0 saturated carbocycles. The summed E-state index contributed by atoms with van der Waals surface area (Å²) in [6.45, 7) is 0. The van der Waals surface area contributed by atoms with E-state index >= 15 is 0 Å². The second kappa shape index (κ2) is 8.08. The summed E-state index contributed by atoms with van der Waals surface area (Å²) < 4.78 is 4.86. The summed E-state index contributed by atoms with van der Waals surface area (Å²) >= 11 is 0. The number of benzene rings is 2. The van der Waals surface area contributed by atoms with Crippen LogP contribution in [0.2, 0.25) is 0 Å². The van der Waals surface area contributed by atoms with Gasteiger partial charge in [0.15, 0.2) is 0 Å². The van der Waals surface area contributed by atoms with E-state index in [1.807, 2.05) is 0 Å². The average Bonchev–Trinajstić information content (AvgIpc) is 2.55. The van der Waals surface area contributed by atoms with Crippen molar-refractivity contribution in [2.45, 2.75) is 0 Å². The molecule has 0 saturated heterocycles. The molecular weight excluding hydrogens is 324 g/mol. The van der Waals surface area contributed by atoms with Crippen molar-refractivity contribution in [2.75, 3.05) is 7.11 Å². The number of nitrogens with zero attached hydrogens (tertiary/aromatic N) is 2. The van der Waals surface area contributed by atoms with Gasteiger partial charge in [-0.25, -0.2) is 4.79 Å². The fourth-order valence-corrected chi connectivity index (χ4v) is 1.51. The molecule has 0 aliphatic carbocycles. The Morgan fingerprint density at radius 1 is 1.00 bits per heavy atom. The molecule has 2 N–H and O–H groups in total. The van der Waals surface area contributed by atoms with Crippen LogP contribution in [0.1, 0.15) is 10.4 Å². The maximum absolute atomic E-state index is 10.5. The van der Waals surface area contributed by atoms with Gasteiger partial charge < -0.3 is 14.9 Å². The third-order valence-electron chi connectivity index (χ3n) is 2.64. The standard InChI is InChI=1S/C7H4N2O6.C7H8O2/c10-7(11)4-1-5(8(12)13)3-6(2-4)9(14)15;1-9-7-4-2-6(8)3-5-7/h1-3H,(H,10,11);2-5,8H,1H3. The van der Waals surface area contributed by atoms with Crippen molar-refractivity contribution in [3.63, 3.8) is 0 Å². The summed E-state index contributed by atoms with van der Waals surface area (Å²) in [6, 6.07) is 8.79. The van der Waals surface area contributed by atoms with Crippen LogP contribution >= 0.6 is 0 Å². The highest BCUT2D eigenvalue weighted by Gasteiger charge is 2.19. The molecule has 0 unspecified atom stereocenters. The Labute approximate surface area is 134 Å². The van der Waals surface area contributed by atoms with Crippen molar-refractivity contribution >= 4 is 17.3 Å². The van der Waals surface area contributed by atoms with E-state index in [1.54, 1.807) is 31.4 Å². The van der Waals surface area contributed by atoms with Gasteiger partial charge in [-0.05, 0) is 24.3 Å². The maximum Gasteiger partial charge on any atom is 0.336 e. The Kier molecular flexibility index (Phi) is 6.18. The summed E-state index contributed by atoms with van der Waals surface area (Å²) in [6.07, 6.45) is 0. The lowest BCUT2D eigenvalue weighted by Gasteiger charge is -1.96. The first-order chi connectivity index (χ1) is 11.2. The van der Waals surface area contributed by atoms with Crippen LogP contribution in [0.3, 0.4) is 0 Å². The van der Waals surface area contributed by atoms with Gasteiger partial charge in [0.05, 0.1) is 28.6 Å². The molecule has 0 fully saturated rings. The quantitative estimate of drug-likeness (QED) is 0.638. The van der Waals surface area contributed by atoms with Gasteiger partial charge in [-0.15, -0.1) is 0 Å². The number of phenols is 1. The molecule has 24 heavy (non-hydrogen) atoms. The number of hydrogen-bond donors (Lipinski definition) is 2. The Morgan fingerprint density at radius 3 is 1.79 bits per heavy atom. The number of rotatable bonds is 4. The second-order valence-electron chi connectivity index (χ2n) is 4.26. The van der Waals surface area contributed by atoms with Crippen LogP contribution in [0.4, 0.5) is 11.4 Å². The fraction of sp³-hybridized carbons (Fsp3) is 0.0714. The molecule has 0 bridgehead atoms. The summed E-state index contributed by atoms with van der Waals surface area (Å²) in [5.74, 6) is -0.439. The van der Waals surface area contributed by atoms with Crippen LogP contribution in [-0.2, 0) is 0 Å². The van der Waals surface area contributed by atoms with Gasteiger partial charge in [0.25, 0.3) is 11.4 Å². The molecule has 0 atom stereocenters. The van der Waals surface area contributed by atoms with Crippen LogP contribution in [0.25, 0.3) is 0 Å². The Hall–Kier alpha value is -3.69. The first-order valence-electron chi connectivity index (χ1n) is 6.24. The van der Waals surface area contributed by atoms with Crippen LogP contribution < -0.4 is 4.74 Å². The number of nitro benzene ring substituents is 2. The summed E-state index contributed by atoms with van der Waals surface area (Å²) in [5, 5.41) is 38.0. The number of carboxylic acid groups (broad SMARTS) is 1. The molecule has 0 aliphatic rings. The molecule has 126 valence electrons. The van der Waals surface area contributed by atoms with Gasteiger partial charge in [-0.3, -0.25) is 20.2 Å². The molecule has 0 aliphatic heterocycles. The van der Waals surface area contributed by atoms with Crippen LogP contribution in [0, 0.1) is 20.2 Å². The lowest BCUT2D eigenvalue weighted by Crippen LogP contribution is -2.00. The average molecular weight is 336 g/mol. The van der Waals surface area contributed by atoms with Crippen LogP contribution in [0.15, 0.2) is 42.5 Å². The van der Waals surface area contributed by atoms with Crippen LogP contribution in [-0.4, -0.2) is 33.1 Å². The monoisotopic (exact) mass is 336 g/mol. The molecule has 2 rings (SSSR count). The van der Waals surface area contributed by atoms with E-state index in [9.17, 15) is 25.0 Å². The zero-order valence-corrected chi connectivity index (χ0v) is 12.3. The largest absolute Gasteiger partial charge is 0.508 e. The number of carboxylic acids is 1. The molecule has 2 aromatic rings. The Bertz CT molecular complexity index is 679. The van der Waals surface area contributed by atoms with E-state index in [-0.39, 0.29) is 5.75 Å². The SMILES string of the molecule is COc1ccc(O)cc1.O=C(O)c1cc([N+](=O)[O-])cc([N+](=O)[O-])c1. The molecule has 0 aromatic heterocycles. The summed E-state index contributed by atoms with van der Waals surface area (Å²) in [5.41, 5.74) is -1.74. The van der Waals surface area contributed by atoms with Gasteiger partial charge in [0.1, 0.15) is 11.5 Å². The number of phenolic OH excluding ortho intramolecular Hbond substituents is 1. The minimum Gasteiger partial charge on any atom is -0.508 e. The van der Waals surface area contributed by atoms with Crippen molar-refractivity contribution in [1.82, 2.24) is 0 Å². The van der Waals surface area contributed by atoms with E-state index in [0.717, 1.165) is 17.9 Å². The van der Waals surface area contributed by atoms with Gasteiger partial charge >= 0.3 is 5.97 Å². The highest BCUT2D eigenvalue weighted by Crippen LogP contribution is 2.22. The number of aromatic hydroxyl groups is 1. The molecule has 0 amide bonds. The minimum atomic E-state index is -1.46. The van der Waals surface area contributed by atoms with E-state index in [2.05, 4.69) is 0 Å². The van der Waals surface area contributed by atoms with E-state index in [4.69, 9.17) is 14.9 Å². The van der Waals surface area contributed by atoms with Gasteiger partial charge in [0, 0.05) is 12.1 Å². The number of hydrogen-bond acceptors (Lipinski definition) is 7. The van der Waals surface area contributed by atoms with E-state index in [1.165, 1.54) is 0 Å². The van der Waals surface area contributed by atoms with Gasteiger partial charge in [-0.2, -0.15) is 0 Å². The van der Waals surface area contributed by atoms with Crippen molar-refractivity contribution in [1.29, 1.82) is 0 Å². The third kappa shape index (κ3) is 5.26. The minimum absolute atomic E-state index is 0.260. The number of carbonyl (C=O) groups is 1. The molecule has 2 aromatic carbocycles. The maximum atomic E-state index is 10.5. The topological polar surface area (TPSA) is 153 Å². The number of non-ortho nitro benzene ring substituents is 2. The van der Waals surface area contributed by atoms with Crippen molar-refractivity contribution in [2.24, 2.45) is 0 Å². The predicted octanol–water partition coefficient (Wildman–Crippen LogP) is 2.60. The molecule has 0 heterocycles. The summed E-state index contributed by atoms with van der Waals surface area (Å²) in [4.78, 5) is 29.4. The smallest absolute Gasteiger partial charge is 0.336 e. The molecular formula is C14H12N2O8. The van der Waals surface area contributed by atoms with Crippen molar-refractivity contribution in [3.8, 4) is 11.5 Å². The second-order valence-corrected chi connectivity index (χ2v) is 4.26. The van der Waals surface area contributed by atoms with Crippen molar-refractivity contribution < 1.29 is 29.6 Å². The number of ether oxygens (including phenoxy) is 1. The zero-order valence-electron chi connectivity index (χ0n) is 12.3. The highest BCUT2D eigenvalue weighted by molar-refractivity contribution is 5.89. The number of nitro groups is 2. The number of methoxy groups -OCH3 is 1. The highest BCUT2D eigenvalue weighted by atomic mass is 16.6. The molecule has 10 heteroatoms. The third-order valence-corrected chi connectivity index (χ3v) is 2.64. The molecule has 0 spiro atoms. The summed E-state index contributed by atoms with van der Waals surface area (Å²) in [7, 11) is 1.59. The first kappa shape index (κ1) is 18.4. The van der Waals surface area contributed by atoms with Gasteiger partial charge in [0.2, 0.25) is 0 Å². The lowest BCUT2D eigenvalue weighted by atomic mass is 10.2. The molecule has 10 nitrogen and oxygen atoms in total. The Balaban J connectivity index is 0.000000272. The Morgan fingerprint density at radius 2 is 1.46 bits per heavy atom. The first-order valence-corrected chi connectivity index (χ1v) is 6.24. The fourth-order valence-electron chi connectivity index (χ4n) is 1.51. The predicted molar refractivity (Wildman–Crippen MR) is 81.4 cm³/mol. The lowest BCUT2D eigenvalue weighted by molar-refractivity contribution is -0.394. The molecule has 0 radical (unpaired) electrons. The van der Waals surface area contributed by atoms with Crippen LogP contribution in [0.5, 0.6) is 11.5 Å². The van der Waals surface area contributed by atoms with E-state index < -0.39 is 32.8 Å². The van der Waals surface area contributed by atoms with Crippen molar-refractivity contribution in [3.05, 3.63) is 68.3 Å². The zero-order chi connectivity index (χ0) is 18.3.